The molecular weight excluding hydrogens is 472 g/mol. The van der Waals surface area contributed by atoms with Crippen molar-refractivity contribution in [2.75, 3.05) is 29.5 Å². The first-order valence-corrected chi connectivity index (χ1v) is 13.2. The van der Waals surface area contributed by atoms with Gasteiger partial charge >= 0.3 is 5.97 Å². The molecule has 0 saturated heterocycles. The minimum atomic E-state index is -3.74. The molecule has 3 aromatic rings. The highest BCUT2D eigenvalue weighted by Gasteiger charge is 2.22. The van der Waals surface area contributed by atoms with E-state index in [1.807, 2.05) is 6.26 Å². The average molecular weight is 499 g/mol. The molecule has 0 atom stereocenters. The van der Waals surface area contributed by atoms with Gasteiger partial charge in [-0.15, -0.1) is 11.8 Å². The lowest BCUT2D eigenvalue weighted by atomic mass is 10.1. The molecule has 0 aromatic heterocycles. The number of esters is 1. The lowest BCUT2D eigenvalue weighted by Gasteiger charge is -2.20. The molecule has 0 bridgehead atoms. The van der Waals surface area contributed by atoms with E-state index in [0.717, 1.165) is 4.90 Å². The summed E-state index contributed by atoms with van der Waals surface area (Å²) in [4.78, 5) is 26.0. The van der Waals surface area contributed by atoms with Crippen LogP contribution in [-0.2, 0) is 14.8 Å². The number of sulfonamides is 1. The van der Waals surface area contributed by atoms with Crippen LogP contribution in [0.1, 0.15) is 33.2 Å². The largest absolute Gasteiger partial charge is 0.462 e. The van der Waals surface area contributed by atoms with E-state index < -0.39 is 16.0 Å². The lowest BCUT2D eigenvalue weighted by molar-refractivity contribution is 0.0525. The van der Waals surface area contributed by atoms with Gasteiger partial charge in [-0.25, -0.2) is 13.2 Å². The molecule has 0 unspecified atom stereocenters. The number of carbonyl (C=O) groups is 2. The molecule has 0 radical (unpaired) electrons. The first-order chi connectivity index (χ1) is 16.2. The zero-order valence-corrected chi connectivity index (χ0v) is 21.0. The Balaban J connectivity index is 1.77. The maximum absolute atomic E-state index is 13.0. The number of ether oxygens (including phenoxy) is 1. The molecule has 34 heavy (non-hydrogen) atoms. The number of rotatable bonds is 8. The third kappa shape index (κ3) is 5.43. The Morgan fingerprint density at radius 1 is 1.00 bits per heavy atom. The Hall–Kier alpha value is -3.30. The fourth-order valence-corrected chi connectivity index (χ4v) is 4.87. The lowest BCUT2D eigenvalue weighted by Crippen LogP contribution is -2.26. The van der Waals surface area contributed by atoms with E-state index in [4.69, 9.17) is 4.74 Å². The minimum Gasteiger partial charge on any atom is -0.462 e. The van der Waals surface area contributed by atoms with Crippen LogP contribution in [-0.4, -0.2) is 40.2 Å². The SMILES string of the molecule is CCOC(=O)c1cccc(NC(=O)c2ccc(N(C)S(=O)(=O)c3ccc(SC)cc3)cc2)c1C. The van der Waals surface area contributed by atoms with Crippen molar-refractivity contribution in [3.8, 4) is 0 Å². The van der Waals surface area contributed by atoms with Gasteiger partial charge in [-0.3, -0.25) is 9.10 Å². The number of carbonyl (C=O) groups excluding carboxylic acids is 2. The van der Waals surface area contributed by atoms with E-state index in [-0.39, 0.29) is 17.4 Å². The van der Waals surface area contributed by atoms with E-state index >= 15 is 0 Å². The second kappa shape index (κ2) is 10.8. The monoisotopic (exact) mass is 498 g/mol. The second-order valence-corrected chi connectivity index (χ2v) is 10.2. The third-order valence-corrected chi connectivity index (χ3v) is 7.83. The molecule has 3 rings (SSSR count). The van der Waals surface area contributed by atoms with Gasteiger partial charge in [0.2, 0.25) is 0 Å². The predicted molar refractivity (Wildman–Crippen MR) is 135 cm³/mol. The molecule has 1 amide bonds. The van der Waals surface area contributed by atoms with Gasteiger partial charge < -0.3 is 10.1 Å². The highest BCUT2D eigenvalue weighted by atomic mass is 32.2. The Morgan fingerprint density at radius 3 is 2.24 bits per heavy atom. The number of hydrogen-bond acceptors (Lipinski definition) is 6. The van der Waals surface area contributed by atoms with Crippen molar-refractivity contribution >= 4 is 45.0 Å². The van der Waals surface area contributed by atoms with Crippen LogP contribution in [0.3, 0.4) is 0 Å². The summed E-state index contributed by atoms with van der Waals surface area (Å²) in [5, 5.41) is 2.80. The highest BCUT2D eigenvalue weighted by Crippen LogP contribution is 2.25. The zero-order chi connectivity index (χ0) is 24.9. The van der Waals surface area contributed by atoms with Crippen molar-refractivity contribution in [2.24, 2.45) is 0 Å². The van der Waals surface area contributed by atoms with Gasteiger partial charge in [-0.05, 0) is 86.3 Å². The van der Waals surface area contributed by atoms with Gasteiger partial charge in [0, 0.05) is 23.2 Å². The van der Waals surface area contributed by atoms with E-state index in [9.17, 15) is 18.0 Å². The van der Waals surface area contributed by atoms with E-state index in [1.165, 1.54) is 23.1 Å². The minimum absolute atomic E-state index is 0.187. The summed E-state index contributed by atoms with van der Waals surface area (Å²) in [5.74, 6) is -0.832. The molecule has 1 N–H and O–H groups in total. The fraction of sp³-hybridized carbons (Fsp3) is 0.200. The van der Waals surface area contributed by atoms with Gasteiger partial charge in [-0.1, -0.05) is 6.07 Å². The van der Waals surface area contributed by atoms with Gasteiger partial charge in [-0.2, -0.15) is 0 Å². The van der Waals surface area contributed by atoms with Crippen LogP contribution in [0.5, 0.6) is 0 Å². The van der Waals surface area contributed by atoms with Crippen LogP contribution in [0.25, 0.3) is 0 Å². The van der Waals surface area contributed by atoms with Crippen LogP contribution < -0.4 is 9.62 Å². The Labute approximate surface area is 204 Å². The molecule has 0 saturated carbocycles. The molecule has 9 heteroatoms. The van der Waals surface area contributed by atoms with Gasteiger partial charge in [0.15, 0.2) is 0 Å². The van der Waals surface area contributed by atoms with Crippen LogP contribution >= 0.6 is 11.8 Å². The molecule has 0 aliphatic carbocycles. The van der Waals surface area contributed by atoms with E-state index in [0.29, 0.717) is 28.1 Å². The summed E-state index contributed by atoms with van der Waals surface area (Å²) in [6, 6.07) is 17.9. The van der Waals surface area contributed by atoms with E-state index in [1.54, 1.807) is 80.6 Å². The topological polar surface area (TPSA) is 92.8 Å². The first-order valence-electron chi connectivity index (χ1n) is 10.5. The molecule has 7 nitrogen and oxygen atoms in total. The predicted octanol–water partition coefficient (Wildman–Crippen LogP) is 4.97. The van der Waals surface area contributed by atoms with Crippen molar-refractivity contribution in [2.45, 2.75) is 23.6 Å². The van der Waals surface area contributed by atoms with Gasteiger partial charge in [0.25, 0.3) is 15.9 Å². The maximum atomic E-state index is 13.0. The number of nitrogens with one attached hydrogen (secondary N) is 1. The molecule has 0 aliphatic heterocycles. The van der Waals surface area contributed by atoms with E-state index in [2.05, 4.69) is 5.32 Å². The van der Waals surface area contributed by atoms with Crippen molar-refractivity contribution in [3.05, 3.63) is 83.4 Å². The summed E-state index contributed by atoms with van der Waals surface area (Å²) in [6.07, 6.45) is 1.92. The summed E-state index contributed by atoms with van der Waals surface area (Å²) in [5.41, 5.74) is 2.25. The van der Waals surface area contributed by atoms with Crippen LogP contribution in [0.2, 0.25) is 0 Å². The molecule has 0 spiro atoms. The average Bonchev–Trinajstić information content (AvgIpc) is 2.85. The summed E-state index contributed by atoms with van der Waals surface area (Å²) < 4.78 is 32.2. The fourth-order valence-electron chi connectivity index (χ4n) is 3.26. The molecule has 0 heterocycles. The number of nitrogens with zero attached hydrogens (tertiary/aromatic N) is 1. The standard InChI is InChI=1S/C25H26N2O5S2/c1-5-32-25(29)22-7-6-8-23(17(22)2)26-24(28)18-9-11-19(12-10-18)27(3)34(30,31)21-15-13-20(33-4)14-16-21/h6-16H,5H2,1-4H3,(H,26,28). The Kier molecular flexibility index (Phi) is 8.01. The van der Waals surface area contributed by atoms with Crippen LogP contribution in [0.4, 0.5) is 11.4 Å². The smallest absolute Gasteiger partial charge is 0.338 e. The number of anilines is 2. The van der Waals surface area contributed by atoms with Crippen molar-refractivity contribution in [1.82, 2.24) is 0 Å². The molecular formula is C25H26N2O5S2. The quantitative estimate of drug-likeness (QED) is 0.348. The second-order valence-electron chi connectivity index (χ2n) is 7.35. The van der Waals surface area contributed by atoms with Crippen LogP contribution in [0, 0.1) is 6.92 Å². The first kappa shape index (κ1) is 25.3. The summed E-state index contributed by atoms with van der Waals surface area (Å²) >= 11 is 1.53. The van der Waals surface area contributed by atoms with Gasteiger partial charge in [0.1, 0.15) is 0 Å². The Morgan fingerprint density at radius 2 is 1.65 bits per heavy atom. The van der Waals surface area contributed by atoms with Crippen molar-refractivity contribution in [3.63, 3.8) is 0 Å². The van der Waals surface area contributed by atoms with Crippen LogP contribution in [0.15, 0.2) is 76.5 Å². The number of thioether (sulfide) groups is 1. The normalized spacial score (nSPS) is 11.1. The Bertz CT molecular complexity index is 1290. The molecule has 178 valence electrons. The third-order valence-electron chi connectivity index (χ3n) is 5.29. The summed E-state index contributed by atoms with van der Waals surface area (Å²) in [7, 11) is -2.27. The number of hydrogen-bond donors (Lipinski definition) is 1. The molecule has 0 aliphatic rings. The maximum Gasteiger partial charge on any atom is 0.338 e. The number of amides is 1. The summed E-state index contributed by atoms with van der Waals surface area (Å²) in [6.45, 7) is 3.72. The zero-order valence-electron chi connectivity index (χ0n) is 19.4. The molecule has 3 aromatic carbocycles. The number of benzene rings is 3. The van der Waals surface area contributed by atoms with Crippen molar-refractivity contribution < 1.29 is 22.7 Å². The van der Waals surface area contributed by atoms with Crippen molar-refractivity contribution in [1.29, 1.82) is 0 Å². The van der Waals surface area contributed by atoms with Gasteiger partial charge in [0.05, 0.1) is 22.8 Å². The highest BCUT2D eigenvalue weighted by molar-refractivity contribution is 7.98. The molecule has 0 fully saturated rings.